The van der Waals surface area contributed by atoms with Crippen LogP contribution in [-0.4, -0.2) is 21.9 Å². The van der Waals surface area contributed by atoms with Gasteiger partial charge in [0.05, 0.1) is 15.7 Å². The number of hydrogen-bond acceptors (Lipinski definition) is 3. The van der Waals surface area contributed by atoms with E-state index in [1.165, 1.54) is 0 Å². The Balaban J connectivity index is 2.66. The maximum Gasteiger partial charge on any atom is 0.235 e. The number of benzene rings is 1. The lowest BCUT2D eigenvalue weighted by molar-refractivity contribution is -0.120. The number of nitrogens with one attached hydrogen (secondary N) is 1. The minimum atomic E-state index is -1.45. The summed E-state index contributed by atoms with van der Waals surface area (Å²) in [4.78, 5) is 12.5. The van der Waals surface area contributed by atoms with E-state index in [0.29, 0.717) is 17.1 Å². The van der Waals surface area contributed by atoms with Crippen molar-refractivity contribution in [2.45, 2.75) is 43.3 Å². The number of nitrogens with two attached hydrogens (primary N) is 1. The minimum absolute atomic E-state index is 0.196. The first kappa shape index (κ1) is 17.2. The maximum absolute atomic E-state index is 12.4. The SMILES string of the molecule is CCCCCNC(=O)C(C)S(=O)c1cc(Br)ccc1N. The highest BCUT2D eigenvalue weighted by Gasteiger charge is 2.22. The van der Waals surface area contributed by atoms with Crippen molar-refractivity contribution in [3.05, 3.63) is 22.7 Å². The van der Waals surface area contributed by atoms with Crippen molar-refractivity contribution in [2.75, 3.05) is 12.3 Å². The van der Waals surface area contributed by atoms with Gasteiger partial charge in [-0.2, -0.15) is 0 Å². The summed E-state index contributed by atoms with van der Waals surface area (Å²) in [7, 11) is -1.45. The molecule has 0 saturated carbocycles. The van der Waals surface area contributed by atoms with E-state index >= 15 is 0 Å². The first-order chi connectivity index (χ1) is 9.47. The van der Waals surface area contributed by atoms with Gasteiger partial charge >= 0.3 is 0 Å². The van der Waals surface area contributed by atoms with Gasteiger partial charge in [0.25, 0.3) is 0 Å². The molecule has 20 heavy (non-hydrogen) atoms. The normalized spacial score (nSPS) is 13.8. The molecule has 0 spiro atoms. The molecule has 6 heteroatoms. The number of unbranched alkanes of at least 4 members (excludes halogenated alkanes) is 2. The Morgan fingerprint density at radius 2 is 2.15 bits per heavy atom. The van der Waals surface area contributed by atoms with Crippen LogP contribution in [0.15, 0.2) is 27.6 Å². The zero-order chi connectivity index (χ0) is 15.1. The average molecular weight is 361 g/mol. The quantitative estimate of drug-likeness (QED) is 0.579. The summed E-state index contributed by atoms with van der Waals surface area (Å²) in [5, 5.41) is 2.20. The molecular formula is C14H21BrN2O2S. The van der Waals surface area contributed by atoms with Gasteiger partial charge in [-0.1, -0.05) is 35.7 Å². The molecule has 1 aromatic carbocycles. The van der Waals surface area contributed by atoms with Crippen molar-refractivity contribution in [3.8, 4) is 0 Å². The summed E-state index contributed by atoms with van der Waals surface area (Å²) in [6.45, 7) is 4.39. The molecule has 0 saturated heterocycles. The Hall–Kier alpha value is -0.880. The Bertz CT molecular complexity index is 494. The second-order valence-corrected chi connectivity index (χ2v) is 7.28. The molecule has 0 aliphatic heterocycles. The van der Waals surface area contributed by atoms with Gasteiger partial charge < -0.3 is 11.1 Å². The summed E-state index contributed by atoms with van der Waals surface area (Å²) in [5.41, 5.74) is 6.26. The monoisotopic (exact) mass is 360 g/mol. The molecule has 0 radical (unpaired) electrons. The predicted molar refractivity (Wildman–Crippen MR) is 87.0 cm³/mol. The van der Waals surface area contributed by atoms with Gasteiger partial charge in [-0.25, -0.2) is 0 Å². The van der Waals surface area contributed by atoms with Gasteiger partial charge in [-0.05, 0) is 31.5 Å². The van der Waals surface area contributed by atoms with Gasteiger partial charge in [0.2, 0.25) is 5.91 Å². The van der Waals surface area contributed by atoms with E-state index in [1.807, 2.05) is 0 Å². The Morgan fingerprint density at radius 1 is 1.45 bits per heavy atom. The van der Waals surface area contributed by atoms with Crippen LogP contribution in [-0.2, 0) is 15.6 Å². The fraction of sp³-hybridized carbons (Fsp3) is 0.500. The van der Waals surface area contributed by atoms with Crippen molar-refractivity contribution in [2.24, 2.45) is 0 Å². The number of carbonyl (C=O) groups is 1. The predicted octanol–water partition coefficient (Wildman–Crippen LogP) is 2.83. The molecular weight excluding hydrogens is 340 g/mol. The third-order valence-electron chi connectivity index (χ3n) is 2.96. The second-order valence-electron chi connectivity index (χ2n) is 4.62. The molecule has 0 aliphatic carbocycles. The zero-order valence-electron chi connectivity index (χ0n) is 11.8. The highest BCUT2D eigenvalue weighted by Crippen LogP contribution is 2.23. The van der Waals surface area contributed by atoms with Crippen molar-refractivity contribution in [3.63, 3.8) is 0 Å². The van der Waals surface area contributed by atoms with E-state index in [1.54, 1.807) is 25.1 Å². The van der Waals surface area contributed by atoms with E-state index in [-0.39, 0.29) is 5.91 Å². The van der Waals surface area contributed by atoms with E-state index < -0.39 is 16.0 Å². The topological polar surface area (TPSA) is 72.2 Å². The van der Waals surface area contributed by atoms with Crippen LogP contribution in [0.2, 0.25) is 0 Å². The van der Waals surface area contributed by atoms with Crippen molar-refractivity contribution in [1.29, 1.82) is 0 Å². The van der Waals surface area contributed by atoms with Gasteiger partial charge in [0, 0.05) is 16.7 Å². The largest absolute Gasteiger partial charge is 0.398 e. The third-order valence-corrected chi connectivity index (χ3v) is 5.10. The molecule has 0 fully saturated rings. The highest BCUT2D eigenvalue weighted by atomic mass is 79.9. The van der Waals surface area contributed by atoms with Gasteiger partial charge in [0.1, 0.15) is 5.25 Å². The minimum Gasteiger partial charge on any atom is -0.398 e. The lowest BCUT2D eigenvalue weighted by Crippen LogP contribution is -2.36. The van der Waals surface area contributed by atoms with Crippen molar-refractivity contribution < 1.29 is 9.00 Å². The Morgan fingerprint density at radius 3 is 2.80 bits per heavy atom. The number of nitrogen functional groups attached to an aromatic ring is 1. The van der Waals surface area contributed by atoms with E-state index in [0.717, 1.165) is 23.7 Å². The highest BCUT2D eigenvalue weighted by molar-refractivity contribution is 9.10. The summed E-state index contributed by atoms with van der Waals surface area (Å²) in [6, 6.07) is 5.17. The molecule has 2 unspecified atom stereocenters. The van der Waals surface area contributed by atoms with Gasteiger partial charge in [-0.15, -0.1) is 0 Å². The molecule has 1 amide bonds. The molecule has 2 atom stereocenters. The molecule has 1 rings (SSSR count). The lowest BCUT2D eigenvalue weighted by atomic mass is 10.2. The number of amides is 1. The molecule has 4 nitrogen and oxygen atoms in total. The fourth-order valence-electron chi connectivity index (χ4n) is 1.70. The fourth-order valence-corrected chi connectivity index (χ4v) is 3.42. The van der Waals surface area contributed by atoms with Crippen molar-refractivity contribution >= 4 is 38.3 Å². The third kappa shape index (κ3) is 4.90. The number of hydrogen-bond donors (Lipinski definition) is 2. The summed E-state index contributed by atoms with van der Waals surface area (Å²) in [6.07, 6.45) is 3.13. The molecule has 112 valence electrons. The maximum atomic E-state index is 12.4. The smallest absolute Gasteiger partial charge is 0.235 e. The van der Waals surface area contributed by atoms with E-state index in [2.05, 4.69) is 28.2 Å². The van der Waals surface area contributed by atoms with Crippen LogP contribution in [0.4, 0.5) is 5.69 Å². The zero-order valence-corrected chi connectivity index (χ0v) is 14.2. The number of halogens is 1. The van der Waals surface area contributed by atoms with Crippen LogP contribution in [0.3, 0.4) is 0 Å². The standard InChI is InChI=1S/C14H21BrN2O2S/c1-3-4-5-8-17-14(18)10(2)20(19)13-9-11(15)6-7-12(13)16/h6-7,9-10H,3-5,8,16H2,1-2H3,(H,17,18). The lowest BCUT2D eigenvalue weighted by Gasteiger charge is -2.13. The van der Waals surface area contributed by atoms with Crippen LogP contribution in [0, 0.1) is 0 Å². The summed E-state index contributed by atoms with van der Waals surface area (Å²) >= 11 is 3.32. The molecule has 0 bridgehead atoms. The van der Waals surface area contributed by atoms with Crippen LogP contribution in [0.25, 0.3) is 0 Å². The first-order valence-corrected chi connectivity index (χ1v) is 8.71. The molecule has 3 N–H and O–H groups in total. The van der Waals surface area contributed by atoms with E-state index in [9.17, 15) is 9.00 Å². The molecule has 0 aromatic heterocycles. The van der Waals surface area contributed by atoms with Crippen LogP contribution >= 0.6 is 15.9 Å². The Kier molecular flexibility index (Phi) is 7.23. The van der Waals surface area contributed by atoms with Crippen LogP contribution < -0.4 is 11.1 Å². The first-order valence-electron chi connectivity index (χ1n) is 6.70. The van der Waals surface area contributed by atoms with Gasteiger partial charge in [0.15, 0.2) is 0 Å². The second kappa shape index (κ2) is 8.42. The Labute approximate surface area is 131 Å². The van der Waals surface area contributed by atoms with E-state index in [4.69, 9.17) is 5.73 Å². The molecule has 0 heterocycles. The van der Waals surface area contributed by atoms with Gasteiger partial charge in [-0.3, -0.25) is 9.00 Å². The summed E-state index contributed by atoms with van der Waals surface area (Å²) in [5.74, 6) is -0.196. The average Bonchev–Trinajstić information content (AvgIpc) is 2.44. The number of anilines is 1. The molecule has 0 aliphatic rings. The van der Waals surface area contributed by atoms with Crippen molar-refractivity contribution in [1.82, 2.24) is 5.32 Å². The number of carbonyl (C=O) groups excluding carboxylic acids is 1. The summed E-state index contributed by atoms with van der Waals surface area (Å²) < 4.78 is 13.2. The number of rotatable bonds is 7. The van der Waals surface area contributed by atoms with Crippen LogP contribution in [0.1, 0.15) is 33.1 Å². The van der Waals surface area contributed by atoms with Crippen LogP contribution in [0.5, 0.6) is 0 Å². The molecule has 1 aromatic rings.